The summed E-state index contributed by atoms with van der Waals surface area (Å²) in [5.74, 6) is 1.69. The van der Waals surface area contributed by atoms with Crippen LogP contribution in [0.1, 0.15) is 12.5 Å². The van der Waals surface area contributed by atoms with Crippen molar-refractivity contribution in [2.45, 2.75) is 6.92 Å². The van der Waals surface area contributed by atoms with Gasteiger partial charge >= 0.3 is 0 Å². The van der Waals surface area contributed by atoms with Gasteiger partial charge in [0.2, 0.25) is 0 Å². The summed E-state index contributed by atoms with van der Waals surface area (Å²) >= 11 is 0. The Balaban J connectivity index is 0.00000210. The van der Waals surface area contributed by atoms with Crippen molar-refractivity contribution in [1.82, 2.24) is 19.9 Å². The Labute approximate surface area is 164 Å². The first-order chi connectivity index (χ1) is 12.8. The van der Waals surface area contributed by atoms with E-state index in [-0.39, 0.29) is 12.4 Å². The summed E-state index contributed by atoms with van der Waals surface area (Å²) in [6, 6.07) is 8.24. The Hall–Kier alpha value is -2.82. The summed E-state index contributed by atoms with van der Waals surface area (Å²) in [7, 11) is 0. The van der Waals surface area contributed by atoms with Crippen molar-refractivity contribution in [1.29, 1.82) is 5.26 Å². The molecule has 4 heterocycles. The Morgan fingerprint density at radius 1 is 1.26 bits per heavy atom. The number of anilines is 1. The van der Waals surface area contributed by atoms with Crippen molar-refractivity contribution in [3.05, 3.63) is 42.4 Å². The van der Waals surface area contributed by atoms with Gasteiger partial charge in [-0.15, -0.1) is 12.4 Å². The van der Waals surface area contributed by atoms with Crippen molar-refractivity contribution in [2.75, 3.05) is 37.7 Å². The zero-order chi connectivity index (χ0) is 17.9. The standard InChI is InChI=1S/C19H20N6O.ClH/c1-2-26-16-9-17(19-15(10-20)12-23-25(19)13-16)14-3-4-18(22-11-14)24-7-5-21-6-8-24;/h3-4,9,11-13,21H,2,5-8H2,1H3;1H. The largest absolute Gasteiger partial charge is 0.492 e. The van der Waals surface area contributed by atoms with Crippen molar-refractivity contribution in [3.8, 4) is 22.9 Å². The van der Waals surface area contributed by atoms with Gasteiger partial charge in [0.25, 0.3) is 0 Å². The summed E-state index contributed by atoms with van der Waals surface area (Å²) in [5.41, 5.74) is 3.14. The molecule has 3 aromatic heterocycles. The lowest BCUT2D eigenvalue weighted by Gasteiger charge is -2.28. The molecule has 0 saturated carbocycles. The first kappa shape index (κ1) is 19.0. The zero-order valence-corrected chi connectivity index (χ0v) is 15.9. The van der Waals surface area contributed by atoms with Crippen molar-refractivity contribution in [3.63, 3.8) is 0 Å². The number of hydrogen-bond donors (Lipinski definition) is 1. The molecule has 1 aliphatic heterocycles. The van der Waals surface area contributed by atoms with Crippen LogP contribution in [0.15, 0.2) is 36.8 Å². The van der Waals surface area contributed by atoms with E-state index in [4.69, 9.17) is 4.74 Å². The minimum atomic E-state index is 0. The lowest BCUT2D eigenvalue weighted by molar-refractivity contribution is 0.338. The molecule has 8 heteroatoms. The van der Waals surface area contributed by atoms with Crippen LogP contribution in [0.2, 0.25) is 0 Å². The molecule has 0 unspecified atom stereocenters. The van der Waals surface area contributed by atoms with Crippen LogP contribution in [-0.4, -0.2) is 47.4 Å². The van der Waals surface area contributed by atoms with Crippen LogP contribution in [-0.2, 0) is 0 Å². The molecule has 0 amide bonds. The number of ether oxygens (including phenoxy) is 1. The SMILES string of the molecule is CCOc1cc(-c2ccc(N3CCNCC3)nc2)c2c(C#N)cnn2c1.Cl. The van der Waals surface area contributed by atoms with Gasteiger partial charge < -0.3 is 15.0 Å². The number of nitrogens with one attached hydrogen (secondary N) is 1. The van der Waals surface area contributed by atoms with Crippen LogP contribution in [0.5, 0.6) is 5.75 Å². The van der Waals surface area contributed by atoms with Crippen LogP contribution in [0, 0.1) is 11.3 Å². The van der Waals surface area contributed by atoms with Crippen molar-refractivity contribution in [2.24, 2.45) is 0 Å². The molecule has 0 bridgehead atoms. The monoisotopic (exact) mass is 384 g/mol. The Morgan fingerprint density at radius 2 is 2.07 bits per heavy atom. The van der Waals surface area contributed by atoms with Gasteiger partial charge in [-0.1, -0.05) is 0 Å². The molecule has 4 rings (SSSR count). The second-order valence-corrected chi connectivity index (χ2v) is 6.13. The molecule has 1 aliphatic rings. The summed E-state index contributed by atoms with van der Waals surface area (Å²) < 4.78 is 7.36. The van der Waals surface area contributed by atoms with Crippen molar-refractivity contribution >= 4 is 23.7 Å². The number of nitriles is 1. The molecule has 1 fully saturated rings. The van der Waals surface area contributed by atoms with Gasteiger partial charge in [-0.05, 0) is 25.1 Å². The topological polar surface area (TPSA) is 78.5 Å². The van der Waals surface area contributed by atoms with Crippen LogP contribution in [0.3, 0.4) is 0 Å². The van der Waals surface area contributed by atoms with Crippen LogP contribution in [0.4, 0.5) is 5.82 Å². The van der Waals surface area contributed by atoms with E-state index in [0.717, 1.165) is 48.6 Å². The van der Waals surface area contributed by atoms with Gasteiger partial charge in [-0.3, -0.25) is 0 Å². The minimum Gasteiger partial charge on any atom is -0.492 e. The number of aromatic nitrogens is 3. The van der Waals surface area contributed by atoms with E-state index in [0.29, 0.717) is 17.9 Å². The Kier molecular flexibility index (Phi) is 5.79. The summed E-state index contributed by atoms with van der Waals surface area (Å²) in [6.07, 6.45) is 5.24. The van der Waals surface area contributed by atoms with E-state index in [1.54, 1.807) is 16.9 Å². The van der Waals surface area contributed by atoms with Gasteiger partial charge in [0.1, 0.15) is 17.6 Å². The first-order valence-electron chi connectivity index (χ1n) is 8.76. The molecule has 7 nitrogen and oxygen atoms in total. The highest BCUT2D eigenvalue weighted by Gasteiger charge is 2.15. The van der Waals surface area contributed by atoms with Gasteiger partial charge in [-0.2, -0.15) is 10.4 Å². The maximum atomic E-state index is 9.42. The normalized spacial score (nSPS) is 13.9. The van der Waals surface area contributed by atoms with Gasteiger partial charge in [0.15, 0.2) is 0 Å². The number of piperazine rings is 1. The second-order valence-electron chi connectivity index (χ2n) is 6.13. The molecule has 0 aliphatic carbocycles. The number of hydrogen-bond acceptors (Lipinski definition) is 6. The average Bonchev–Trinajstić information content (AvgIpc) is 3.11. The predicted molar refractivity (Wildman–Crippen MR) is 107 cm³/mol. The fourth-order valence-electron chi connectivity index (χ4n) is 3.27. The molecular weight excluding hydrogens is 364 g/mol. The zero-order valence-electron chi connectivity index (χ0n) is 15.1. The fraction of sp³-hybridized carbons (Fsp3) is 0.316. The summed E-state index contributed by atoms with van der Waals surface area (Å²) in [5, 5.41) is 17.1. The molecule has 0 radical (unpaired) electrons. The molecule has 1 saturated heterocycles. The Morgan fingerprint density at radius 3 is 2.74 bits per heavy atom. The maximum absolute atomic E-state index is 9.42. The quantitative estimate of drug-likeness (QED) is 0.744. The van der Waals surface area contributed by atoms with Crippen LogP contribution >= 0.6 is 12.4 Å². The highest BCUT2D eigenvalue weighted by molar-refractivity contribution is 5.85. The summed E-state index contributed by atoms with van der Waals surface area (Å²) in [4.78, 5) is 6.92. The smallest absolute Gasteiger partial charge is 0.138 e. The molecule has 27 heavy (non-hydrogen) atoms. The molecular formula is C19H21ClN6O. The Bertz CT molecular complexity index is 957. The van der Waals surface area contributed by atoms with E-state index < -0.39 is 0 Å². The lowest BCUT2D eigenvalue weighted by Crippen LogP contribution is -2.43. The van der Waals surface area contributed by atoms with Crippen LogP contribution < -0.4 is 15.0 Å². The molecule has 140 valence electrons. The van der Waals surface area contributed by atoms with E-state index in [1.807, 2.05) is 31.3 Å². The van der Waals surface area contributed by atoms with Gasteiger partial charge in [0.05, 0.1) is 30.1 Å². The number of fused-ring (bicyclic) bond motifs is 1. The second kappa shape index (κ2) is 8.25. The predicted octanol–water partition coefficient (Wildman–Crippen LogP) is 2.50. The molecule has 0 atom stereocenters. The molecule has 0 spiro atoms. The first-order valence-corrected chi connectivity index (χ1v) is 8.76. The van der Waals surface area contributed by atoms with E-state index in [2.05, 4.69) is 26.4 Å². The van der Waals surface area contributed by atoms with E-state index in [1.165, 1.54) is 0 Å². The number of rotatable bonds is 4. The van der Waals surface area contributed by atoms with E-state index >= 15 is 0 Å². The lowest BCUT2D eigenvalue weighted by atomic mass is 10.1. The fourth-order valence-corrected chi connectivity index (χ4v) is 3.27. The summed E-state index contributed by atoms with van der Waals surface area (Å²) in [6.45, 7) is 6.37. The molecule has 3 aromatic rings. The molecule has 1 N–H and O–H groups in total. The number of pyridine rings is 2. The van der Waals surface area contributed by atoms with E-state index in [9.17, 15) is 5.26 Å². The van der Waals surface area contributed by atoms with Crippen LogP contribution in [0.25, 0.3) is 16.6 Å². The van der Waals surface area contributed by atoms with Crippen molar-refractivity contribution < 1.29 is 4.74 Å². The highest BCUT2D eigenvalue weighted by Crippen LogP contribution is 2.31. The number of nitrogens with zero attached hydrogens (tertiary/aromatic N) is 5. The third-order valence-corrected chi connectivity index (χ3v) is 4.52. The maximum Gasteiger partial charge on any atom is 0.138 e. The third-order valence-electron chi connectivity index (χ3n) is 4.52. The third kappa shape index (κ3) is 3.68. The number of halogens is 1. The highest BCUT2D eigenvalue weighted by atomic mass is 35.5. The van der Waals surface area contributed by atoms with Gasteiger partial charge in [0, 0.05) is 43.5 Å². The average molecular weight is 385 g/mol. The molecule has 0 aromatic carbocycles. The van der Waals surface area contributed by atoms with Gasteiger partial charge in [-0.25, -0.2) is 9.50 Å². The minimum absolute atomic E-state index is 0.